The molecule has 0 spiro atoms. The fraction of sp³-hybridized carbons (Fsp3) is 0.231. The quantitative estimate of drug-likeness (QED) is 0.649. The molecule has 2 aromatic rings. The maximum absolute atomic E-state index is 13.5. The van der Waals surface area contributed by atoms with E-state index in [1.54, 1.807) is 0 Å². The predicted molar refractivity (Wildman–Crippen MR) is 123 cm³/mol. The van der Waals surface area contributed by atoms with Crippen molar-refractivity contribution < 1.29 is 27.6 Å². The van der Waals surface area contributed by atoms with Crippen LogP contribution in [0.1, 0.15) is 45.9 Å². The van der Waals surface area contributed by atoms with Crippen LogP contribution in [0.4, 0.5) is 23.7 Å². The fourth-order valence-corrected chi connectivity index (χ4v) is 4.52. The monoisotopic (exact) mass is 492 g/mol. The van der Waals surface area contributed by atoms with Crippen molar-refractivity contribution in [2.75, 3.05) is 18.5 Å². The van der Waals surface area contributed by atoms with Crippen molar-refractivity contribution in [2.24, 2.45) is 0 Å². The van der Waals surface area contributed by atoms with Crippen LogP contribution in [0.2, 0.25) is 0 Å². The van der Waals surface area contributed by atoms with E-state index < -0.39 is 29.7 Å². The van der Waals surface area contributed by atoms with Crippen LogP contribution in [-0.4, -0.2) is 36.2 Å². The number of alkyl halides is 3. The van der Waals surface area contributed by atoms with Crippen LogP contribution >= 0.6 is 0 Å². The van der Waals surface area contributed by atoms with Crippen molar-refractivity contribution in [3.8, 4) is 18.4 Å². The Hall–Kier alpha value is -4.57. The lowest BCUT2D eigenvalue weighted by atomic mass is 9.89. The molecule has 1 unspecified atom stereocenters. The highest BCUT2D eigenvalue weighted by Gasteiger charge is 2.45. The molecular weight excluding hydrogens is 473 g/mol. The number of nitriles is 1. The molecule has 10 heteroatoms. The third-order valence-electron chi connectivity index (χ3n) is 6.13. The SMILES string of the molecule is C#CCNC(=O)c1cc(C#N)ccc1C1C2=C(CCC2=O)N(c2cccc(C(F)(F)F)c2)C(=O)N1C. The molecule has 1 atom stereocenters. The summed E-state index contributed by atoms with van der Waals surface area (Å²) >= 11 is 0. The van der Waals surface area contributed by atoms with Gasteiger partial charge in [0.05, 0.1) is 35.5 Å². The first-order valence-electron chi connectivity index (χ1n) is 10.8. The zero-order chi connectivity index (χ0) is 26.2. The van der Waals surface area contributed by atoms with Gasteiger partial charge < -0.3 is 10.2 Å². The number of terminal acetylenes is 1. The first-order valence-corrected chi connectivity index (χ1v) is 10.8. The van der Waals surface area contributed by atoms with Gasteiger partial charge in [-0.05, 0) is 42.3 Å². The number of rotatable bonds is 4. The maximum atomic E-state index is 13.5. The second kappa shape index (κ2) is 9.23. The van der Waals surface area contributed by atoms with Crippen molar-refractivity contribution in [2.45, 2.75) is 25.1 Å². The predicted octanol–water partition coefficient (Wildman–Crippen LogP) is 4.17. The lowest BCUT2D eigenvalue weighted by molar-refractivity contribution is -0.137. The van der Waals surface area contributed by atoms with Crippen LogP contribution < -0.4 is 10.2 Å². The van der Waals surface area contributed by atoms with Crippen LogP contribution in [-0.2, 0) is 11.0 Å². The van der Waals surface area contributed by atoms with Gasteiger partial charge in [0.2, 0.25) is 0 Å². The molecular formula is C26H19F3N4O3. The van der Waals surface area contributed by atoms with Gasteiger partial charge in [0, 0.05) is 30.3 Å². The van der Waals surface area contributed by atoms with Gasteiger partial charge in [0.25, 0.3) is 5.91 Å². The summed E-state index contributed by atoms with van der Waals surface area (Å²) in [5, 5.41) is 11.8. The van der Waals surface area contributed by atoms with E-state index >= 15 is 0 Å². The van der Waals surface area contributed by atoms with E-state index in [1.807, 2.05) is 6.07 Å². The van der Waals surface area contributed by atoms with Gasteiger partial charge in [-0.15, -0.1) is 6.42 Å². The number of allylic oxidation sites excluding steroid dienone is 1. The van der Waals surface area contributed by atoms with Gasteiger partial charge >= 0.3 is 12.2 Å². The zero-order valence-electron chi connectivity index (χ0n) is 19.0. The maximum Gasteiger partial charge on any atom is 0.416 e. The van der Waals surface area contributed by atoms with Gasteiger partial charge in [-0.2, -0.15) is 18.4 Å². The van der Waals surface area contributed by atoms with E-state index in [9.17, 15) is 32.8 Å². The second-order valence-corrected chi connectivity index (χ2v) is 8.26. The molecule has 3 amide bonds. The normalized spacial score (nSPS) is 17.6. The Kier molecular flexibility index (Phi) is 6.30. The number of urea groups is 1. The highest BCUT2D eigenvalue weighted by Crippen LogP contribution is 2.45. The summed E-state index contributed by atoms with van der Waals surface area (Å²) in [6.07, 6.45) is 0.825. The van der Waals surface area contributed by atoms with Crippen LogP contribution in [0.15, 0.2) is 53.7 Å². The molecule has 0 aromatic heterocycles. The lowest BCUT2D eigenvalue weighted by Crippen LogP contribution is -2.48. The molecule has 1 heterocycles. The Morgan fingerprint density at radius 1 is 1.19 bits per heavy atom. The van der Waals surface area contributed by atoms with E-state index in [0.29, 0.717) is 5.56 Å². The highest BCUT2D eigenvalue weighted by atomic mass is 19.4. The molecule has 1 aliphatic carbocycles. The molecule has 0 radical (unpaired) electrons. The van der Waals surface area contributed by atoms with Crippen molar-refractivity contribution in [1.82, 2.24) is 10.2 Å². The topological polar surface area (TPSA) is 93.5 Å². The summed E-state index contributed by atoms with van der Waals surface area (Å²) in [5.41, 5.74) is 0.0977. The first kappa shape index (κ1) is 24.6. The highest BCUT2D eigenvalue weighted by molar-refractivity contribution is 6.09. The van der Waals surface area contributed by atoms with Gasteiger partial charge in [-0.1, -0.05) is 18.1 Å². The van der Waals surface area contributed by atoms with E-state index in [2.05, 4.69) is 11.2 Å². The zero-order valence-corrected chi connectivity index (χ0v) is 19.0. The Morgan fingerprint density at radius 3 is 2.61 bits per heavy atom. The van der Waals surface area contributed by atoms with Crippen molar-refractivity contribution >= 4 is 23.4 Å². The minimum absolute atomic E-state index is 0.0193. The second-order valence-electron chi connectivity index (χ2n) is 8.26. The minimum atomic E-state index is -4.62. The van der Waals surface area contributed by atoms with Crippen molar-refractivity contribution in [3.05, 3.63) is 76.0 Å². The van der Waals surface area contributed by atoms with E-state index in [1.165, 1.54) is 42.3 Å². The van der Waals surface area contributed by atoms with Crippen molar-refractivity contribution in [3.63, 3.8) is 0 Å². The number of nitrogens with one attached hydrogen (secondary N) is 1. The van der Waals surface area contributed by atoms with E-state index in [0.717, 1.165) is 17.0 Å². The molecule has 4 rings (SSSR count). The molecule has 0 bridgehead atoms. The summed E-state index contributed by atoms with van der Waals surface area (Å²) in [4.78, 5) is 41.8. The number of nitrogens with zero attached hydrogens (tertiary/aromatic N) is 3. The Balaban J connectivity index is 1.89. The van der Waals surface area contributed by atoms with Crippen LogP contribution in [0.3, 0.4) is 0 Å². The van der Waals surface area contributed by atoms with Gasteiger partial charge in [-0.3, -0.25) is 14.5 Å². The van der Waals surface area contributed by atoms with Crippen LogP contribution in [0.25, 0.3) is 0 Å². The van der Waals surface area contributed by atoms with Gasteiger partial charge in [-0.25, -0.2) is 4.79 Å². The first-order chi connectivity index (χ1) is 17.1. The summed E-state index contributed by atoms with van der Waals surface area (Å²) in [7, 11) is 1.41. The third-order valence-corrected chi connectivity index (χ3v) is 6.13. The number of amides is 3. The number of hydrogen-bond donors (Lipinski definition) is 1. The molecule has 2 aliphatic rings. The number of hydrogen-bond acceptors (Lipinski definition) is 4. The van der Waals surface area contributed by atoms with Gasteiger partial charge in [0.15, 0.2) is 5.78 Å². The standard InChI is InChI=1S/C26H19F3N4O3/c1-3-11-31-24(35)19-12-15(14-30)7-8-18(19)23-22-20(9-10-21(22)34)33(25(36)32(23)2)17-6-4-5-16(13-17)26(27,28)29/h1,4-8,12-13,23H,9-11H2,2H3,(H,31,35). The molecule has 36 heavy (non-hydrogen) atoms. The molecule has 182 valence electrons. The molecule has 1 N–H and O–H groups in total. The average Bonchev–Trinajstić information content (AvgIpc) is 3.23. The molecule has 7 nitrogen and oxygen atoms in total. The number of likely N-dealkylation sites (N-methyl/N-ethyl adjacent to an activating group) is 1. The summed E-state index contributed by atoms with van der Waals surface area (Å²) < 4.78 is 40.0. The smallest absolute Gasteiger partial charge is 0.341 e. The number of carbonyl (C=O) groups is 3. The Bertz CT molecular complexity index is 1400. The van der Waals surface area contributed by atoms with Gasteiger partial charge in [0.1, 0.15) is 0 Å². The molecule has 2 aromatic carbocycles. The van der Waals surface area contributed by atoms with E-state index in [4.69, 9.17) is 6.42 Å². The van der Waals surface area contributed by atoms with E-state index in [-0.39, 0.29) is 53.3 Å². The number of halogens is 3. The molecule has 0 fully saturated rings. The average molecular weight is 492 g/mol. The summed E-state index contributed by atoms with van der Waals surface area (Å²) in [5.74, 6) is 1.41. The fourth-order valence-electron chi connectivity index (χ4n) is 4.52. The minimum Gasteiger partial charge on any atom is -0.341 e. The Morgan fingerprint density at radius 2 is 1.94 bits per heavy atom. The summed E-state index contributed by atoms with van der Waals surface area (Å²) in [6.45, 7) is -0.0787. The largest absolute Gasteiger partial charge is 0.416 e. The Labute approximate surface area is 204 Å². The molecule has 1 aliphatic heterocycles. The number of benzene rings is 2. The number of anilines is 1. The number of Topliss-reactive ketones (excluding diaryl/α,β-unsaturated/α-hetero) is 1. The van der Waals surface area contributed by atoms with Crippen LogP contribution in [0.5, 0.6) is 0 Å². The summed E-state index contributed by atoms with van der Waals surface area (Å²) in [6, 6.07) is 8.94. The molecule has 0 saturated heterocycles. The number of ketones is 1. The third kappa shape index (κ3) is 4.18. The number of carbonyl (C=O) groups excluding carboxylic acids is 3. The molecule has 0 saturated carbocycles. The van der Waals surface area contributed by atoms with Crippen molar-refractivity contribution in [1.29, 1.82) is 5.26 Å². The van der Waals surface area contributed by atoms with Crippen LogP contribution in [0, 0.1) is 23.7 Å². The lowest BCUT2D eigenvalue weighted by Gasteiger charge is -2.41.